The van der Waals surface area contributed by atoms with E-state index in [4.69, 9.17) is 10.5 Å². The number of nitrogens with two attached hydrogens (primary N) is 1. The Morgan fingerprint density at radius 2 is 1.86 bits per heavy atom. The summed E-state index contributed by atoms with van der Waals surface area (Å²) in [5.74, 6) is -0.913. The maximum absolute atomic E-state index is 11.8. The molecule has 1 rings (SSSR count). The van der Waals surface area contributed by atoms with Gasteiger partial charge >= 0.3 is 0 Å². The van der Waals surface area contributed by atoms with Crippen LogP contribution in [0.4, 0.5) is 0 Å². The first-order valence-corrected chi connectivity index (χ1v) is 6.88. The molecule has 0 aromatic heterocycles. The molecule has 1 aromatic rings. The van der Waals surface area contributed by atoms with Crippen molar-refractivity contribution in [3.05, 3.63) is 35.9 Å². The van der Waals surface area contributed by atoms with Crippen molar-refractivity contribution in [1.29, 1.82) is 0 Å². The van der Waals surface area contributed by atoms with Gasteiger partial charge in [0.1, 0.15) is 6.04 Å². The lowest BCUT2D eigenvalue weighted by molar-refractivity contribution is -0.132. The Morgan fingerprint density at radius 1 is 1.24 bits per heavy atom. The Morgan fingerprint density at radius 3 is 2.38 bits per heavy atom. The van der Waals surface area contributed by atoms with Gasteiger partial charge in [-0.05, 0) is 26.5 Å². The number of amides is 2. The van der Waals surface area contributed by atoms with E-state index in [1.165, 1.54) is 0 Å². The highest BCUT2D eigenvalue weighted by Gasteiger charge is 2.27. The molecule has 0 aliphatic heterocycles. The summed E-state index contributed by atoms with van der Waals surface area (Å²) in [6.45, 7) is 3.76. The minimum atomic E-state index is -0.864. The van der Waals surface area contributed by atoms with Gasteiger partial charge in [0.2, 0.25) is 11.8 Å². The molecule has 0 radical (unpaired) electrons. The number of carbonyl (C=O) groups is 2. The number of rotatable bonds is 8. The largest absolute Gasteiger partial charge is 0.371 e. The average molecular weight is 293 g/mol. The number of carbonyl (C=O) groups excluding carboxylic acids is 2. The molecule has 116 valence electrons. The van der Waals surface area contributed by atoms with E-state index in [0.717, 1.165) is 5.56 Å². The van der Waals surface area contributed by atoms with Crippen molar-refractivity contribution >= 4 is 11.8 Å². The highest BCUT2D eigenvalue weighted by atomic mass is 16.5. The van der Waals surface area contributed by atoms with Gasteiger partial charge in [0.15, 0.2) is 0 Å². The Bertz CT molecular complexity index is 464. The number of ether oxygens (including phenoxy) is 1. The first-order valence-electron chi connectivity index (χ1n) is 6.88. The van der Waals surface area contributed by atoms with Crippen LogP contribution in [-0.2, 0) is 20.9 Å². The van der Waals surface area contributed by atoms with Crippen LogP contribution in [0.25, 0.3) is 0 Å². The maximum atomic E-state index is 11.8. The molecule has 0 heterocycles. The lowest BCUT2D eigenvalue weighted by Crippen LogP contribution is -2.55. The number of hydrogen-bond donors (Lipinski definition) is 3. The van der Waals surface area contributed by atoms with E-state index in [-0.39, 0.29) is 5.91 Å². The van der Waals surface area contributed by atoms with Crippen molar-refractivity contribution in [2.75, 3.05) is 7.05 Å². The SMILES string of the molecule is CN[C@@H](C)C(=O)N[C@H](C(N)=O)[C@@H](C)OCc1ccccc1. The lowest BCUT2D eigenvalue weighted by Gasteiger charge is -2.24. The van der Waals surface area contributed by atoms with Crippen LogP contribution in [0.3, 0.4) is 0 Å². The van der Waals surface area contributed by atoms with Crippen molar-refractivity contribution in [2.24, 2.45) is 5.73 Å². The van der Waals surface area contributed by atoms with Gasteiger partial charge in [-0.2, -0.15) is 0 Å². The van der Waals surface area contributed by atoms with Crippen LogP contribution < -0.4 is 16.4 Å². The number of benzene rings is 1. The van der Waals surface area contributed by atoms with Crippen LogP contribution in [0.1, 0.15) is 19.4 Å². The fourth-order valence-electron chi connectivity index (χ4n) is 1.73. The first kappa shape index (κ1) is 17.1. The molecular weight excluding hydrogens is 270 g/mol. The molecule has 0 aliphatic rings. The van der Waals surface area contributed by atoms with Crippen molar-refractivity contribution in [3.8, 4) is 0 Å². The van der Waals surface area contributed by atoms with Gasteiger partial charge in [0.25, 0.3) is 0 Å². The summed E-state index contributed by atoms with van der Waals surface area (Å²) in [5.41, 5.74) is 6.33. The minimum Gasteiger partial charge on any atom is -0.371 e. The van der Waals surface area contributed by atoms with Crippen LogP contribution in [0, 0.1) is 0 Å². The highest BCUT2D eigenvalue weighted by molar-refractivity contribution is 5.89. The normalized spacial score (nSPS) is 15.0. The second-order valence-corrected chi connectivity index (χ2v) is 4.90. The van der Waals surface area contributed by atoms with Crippen LogP contribution >= 0.6 is 0 Å². The second kappa shape index (κ2) is 8.39. The van der Waals surface area contributed by atoms with Crippen LogP contribution in [0.2, 0.25) is 0 Å². The summed E-state index contributed by atoms with van der Waals surface area (Å²) in [4.78, 5) is 23.3. The molecule has 0 spiro atoms. The Labute approximate surface area is 125 Å². The van der Waals surface area contributed by atoms with Crippen molar-refractivity contribution in [3.63, 3.8) is 0 Å². The van der Waals surface area contributed by atoms with Crippen molar-refractivity contribution < 1.29 is 14.3 Å². The topological polar surface area (TPSA) is 93.5 Å². The zero-order chi connectivity index (χ0) is 15.8. The van der Waals surface area contributed by atoms with E-state index in [1.807, 2.05) is 30.3 Å². The fourth-order valence-corrected chi connectivity index (χ4v) is 1.73. The maximum Gasteiger partial charge on any atom is 0.242 e. The van der Waals surface area contributed by atoms with Gasteiger partial charge in [-0.1, -0.05) is 30.3 Å². The second-order valence-electron chi connectivity index (χ2n) is 4.90. The molecular formula is C15H23N3O3. The van der Waals surface area contributed by atoms with E-state index < -0.39 is 24.1 Å². The minimum absolute atomic E-state index is 0.295. The summed E-state index contributed by atoms with van der Waals surface area (Å²) >= 11 is 0. The molecule has 1 aromatic carbocycles. The predicted octanol–water partition coefficient (Wildman–Crippen LogP) is 0.170. The monoisotopic (exact) mass is 293 g/mol. The fraction of sp³-hybridized carbons (Fsp3) is 0.467. The molecule has 0 unspecified atom stereocenters. The molecule has 4 N–H and O–H groups in total. The lowest BCUT2D eigenvalue weighted by atomic mass is 10.1. The summed E-state index contributed by atoms with van der Waals surface area (Å²) in [7, 11) is 1.67. The highest BCUT2D eigenvalue weighted by Crippen LogP contribution is 2.06. The molecule has 6 heteroatoms. The van der Waals surface area contributed by atoms with Gasteiger partial charge < -0.3 is 21.1 Å². The van der Waals surface area contributed by atoms with Gasteiger partial charge in [-0.15, -0.1) is 0 Å². The van der Waals surface area contributed by atoms with Gasteiger partial charge in [0.05, 0.1) is 18.8 Å². The summed E-state index contributed by atoms with van der Waals surface area (Å²) in [5, 5.41) is 5.40. The van der Waals surface area contributed by atoms with E-state index in [2.05, 4.69) is 10.6 Å². The smallest absolute Gasteiger partial charge is 0.242 e. The molecule has 6 nitrogen and oxygen atoms in total. The number of hydrogen-bond acceptors (Lipinski definition) is 4. The quantitative estimate of drug-likeness (QED) is 0.637. The number of nitrogens with one attached hydrogen (secondary N) is 2. The standard InChI is InChI=1S/C15H23N3O3/c1-10(17-3)15(20)18-13(14(16)19)11(2)21-9-12-7-5-4-6-8-12/h4-8,10-11,13,17H,9H2,1-3H3,(H2,16,19)(H,18,20)/t10-,11+,13-/m0/s1. The molecule has 0 fully saturated rings. The van der Waals surface area contributed by atoms with E-state index in [0.29, 0.717) is 6.61 Å². The van der Waals surface area contributed by atoms with Gasteiger partial charge in [0, 0.05) is 0 Å². The van der Waals surface area contributed by atoms with Crippen molar-refractivity contribution in [2.45, 2.75) is 38.6 Å². The molecule has 3 atom stereocenters. The Balaban J connectivity index is 2.59. The zero-order valence-corrected chi connectivity index (χ0v) is 12.6. The third-order valence-corrected chi connectivity index (χ3v) is 3.26. The van der Waals surface area contributed by atoms with Crippen LogP contribution in [0.5, 0.6) is 0 Å². The summed E-state index contributed by atoms with van der Waals surface area (Å²) in [6.07, 6.45) is -0.518. The summed E-state index contributed by atoms with van der Waals surface area (Å²) in [6, 6.07) is 8.31. The molecule has 0 aliphatic carbocycles. The number of primary amides is 1. The average Bonchev–Trinajstić information content (AvgIpc) is 2.49. The third-order valence-electron chi connectivity index (χ3n) is 3.26. The van der Waals surface area contributed by atoms with Gasteiger partial charge in [-0.3, -0.25) is 9.59 Å². The summed E-state index contributed by atoms with van der Waals surface area (Å²) < 4.78 is 5.63. The van der Waals surface area contributed by atoms with Crippen LogP contribution in [0.15, 0.2) is 30.3 Å². The molecule has 0 bridgehead atoms. The molecule has 0 saturated carbocycles. The zero-order valence-electron chi connectivity index (χ0n) is 12.6. The Kier molecular flexibility index (Phi) is 6.84. The van der Waals surface area contributed by atoms with E-state index in [9.17, 15) is 9.59 Å². The van der Waals surface area contributed by atoms with Crippen LogP contribution in [-0.4, -0.2) is 37.0 Å². The molecule has 0 saturated heterocycles. The molecule has 2 amide bonds. The first-order chi connectivity index (χ1) is 9.95. The predicted molar refractivity (Wildman–Crippen MR) is 80.3 cm³/mol. The van der Waals surface area contributed by atoms with Gasteiger partial charge in [-0.25, -0.2) is 0 Å². The number of likely N-dealkylation sites (N-methyl/N-ethyl adjacent to an activating group) is 1. The molecule has 21 heavy (non-hydrogen) atoms. The van der Waals surface area contributed by atoms with E-state index >= 15 is 0 Å². The Hall–Kier alpha value is -1.92. The van der Waals surface area contributed by atoms with E-state index in [1.54, 1.807) is 20.9 Å². The third kappa shape index (κ3) is 5.53. The van der Waals surface area contributed by atoms with Crippen molar-refractivity contribution in [1.82, 2.24) is 10.6 Å².